The summed E-state index contributed by atoms with van der Waals surface area (Å²) in [5.74, 6) is 2.49. The Bertz CT molecular complexity index is 369. The molecular formula is C15H27N3O. The van der Waals surface area contributed by atoms with Crippen LogP contribution >= 0.6 is 0 Å². The summed E-state index contributed by atoms with van der Waals surface area (Å²) >= 11 is 0. The van der Waals surface area contributed by atoms with Crippen molar-refractivity contribution in [2.45, 2.75) is 76.7 Å². The molecule has 4 heteroatoms. The summed E-state index contributed by atoms with van der Waals surface area (Å²) in [6, 6.07) is 0.352. The molecule has 1 N–H and O–H groups in total. The SMILES string of the molecule is CNC(C)C(C)c1nc(C2CCCCCCC2)no1. The Morgan fingerprint density at radius 2 is 1.74 bits per heavy atom. The van der Waals surface area contributed by atoms with Crippen LogP contribution in [0.3, 0.4) is 0 Å². The number of aromatic nitrogens is 2. The van der Waals surface area contributed by atoms with Crippen molar-refractivity contribution in [3.05, 3.63) is 11.7 Å². The van der Waals surface area contributed by atoms with Crippen LogP contribution in [-0.2, 0) is 0 Å². The fourth-order valence-electron chi connectivity index (χ4n) is 2.78. The van der Waals surface area contributed by atoms with Crippen molar-refractivity contribution in [1.82, 2.24) is 15.5 Å². The van der Waals surface area contributed by atoms with Crippen molar-refractivity contribution in [2.75, 3.05) is 7.05 Å². The second-order valence-electron chi connectivity index (χ2n) is 5.90. The summed E-state index contributed by atoms with van der Waals surface area (Å²) in [6.07, 6.45) is 9.14. The first-order valence-corrected chi connectivity index (χ1v) is 7.73. The average Bonchev–Trinajstić information content (AvgIpc) is 2.86. The standard InChI is InChI=1S/C15H27N3O/c1-11(12(2)16-3)15-17-14(18-19-15)13-9-7-5-4-6-8-10-13/h11-13,16H,4-10H2,1-3H3. The van der Waals surface area contributed by atoms with Gasteiger partial charge in [-0.25, -0.2) is 0 Å². The van der Waals surface area contributed by atoms with E-state index in [1.54, 1.807) is 0 Å². The van der Waals surface area contributed by atoms with Gasteiger partial charge in [0.25, 0.3) is 0 Å². The largest absolute Gasteiger partial charge is 0.339 e. The zero-order valence-electron chi connectivity index (χ0n) is 12.5. The molecule has 2 atom stereocenters. The molecule has 0 radical (unpaired) electrons. The second kappa shape index (κ2) is 7.04. The molecule has 4 nitrogen and oxygen atoms in total. The number of hydrogen-bond acceptors (Lipinski definition) is 4. The molecule has 2 rings (SSSR count). The van der Waals surface area contributed by atoms with E-state index >= 15 is 0 Å². The van der Waals surface area contributed by atoms with E-state index in [4.69, 9.17) is 4.52 Å². The van der Waals surface area contributed by atoms with Crippen molar-refractivity contribution < 1.29 is 4.52 Å². The van der Waals surface area contributed by atoms with Crippen LogP contribution in [0, 0.1) is 0 Å². The fraction of sp³-hybridized carbons (Fsp3) is 0.867. The molecule has 0 amide bonds. The van der Waals surface area contributed by atoms with Crippen LogP contribution < -0.4 is 5.32 Å². The zero-order valence-corrected chi connectivity index (χ0v) is 12.5. The minimum atomic E-state index is 0.264. The van der Waals surface area contributed by atoms with Crippen LogP contribution in [0.1, 0.15) is 82.3 Å². The lowest BCUT2D eigenvalue weighted by Crippen LogP contribution is -2.27. The van der Waals surface area contributed by atoms with Crippen molar-refractivity contribution in [3.8, 4) is 0 Å². The summed E-state index contributed by atoms with van der Waals surface area (Å²) in [4.78, 5) is 4.66. The predicted octanol–water partition coefficient (Wildman–Crippen LogP) is 3.61. The minimum Gasteiger partial charge on any atom is -0.339 e. The highest BCUT2D eigenvalue weighted by Gasteiger charge is 2.23. The Morgan fingerprint density at radius 1 is 1.11 bits per heavy atom. The molecule has 1 saturated carbocycles. The van der Waals surface area contributed by atoms with Crippen LogP contribution in [0.4, 0.5) is 0 Å². The normalized spacial score (nSPS) is 21.6. The highest BCUT2D eigenvalue weighted by atomic mass is 16.5. The first-order chi connectivity index (χ1) is 9.22. The summed E-state index contributed by atoms with van der Waals surface area (Å²) in [5.41, 5.74) is 0. The van der Waals surface area contributed by atoms with E-state index in [1.165, 1.54) is 44.9 Å². The lowest BCUT2D eigenvalue weighted by atomic mass is 9.91. The Hall–Kier alpha value is -0.900. The minimum absolute atomic E-state index is 0.264. The maximum absolute atomic E-state index is 5.47. The van der Waals surface area contributed by atoms with E-state index in [2.05, 4.69) is 29.3 Å². The number of likely N-dealkylation sites (N-methyl/N-ethyl adjacent to an activating group) is 1. The van der Waals surface area contributed by atoms with Crippen molar-refractivity contribution in [1.29, 1.82) is 0 Å². The first kappa shape index (κ1) is 14.5. The maximum Gasteiger partial charge on any atom is 0.231 e. The number of rotatable bonds is 4. The molecule has 0 spiro atoms. The third-order valence-corrected chi connectivity index (χ3v) is 4.52. The van der Waals surface area contributed by atoms with Gasteiger partial charge in [0.1, 0.15) is 0 Å². The Kier molecular flexibility index (Phi) is 5.37. The topological polar surface area (TPSA) is 51.0 Å². The average molecular weight is 265 g/mol. The van der Waals surface area contributed by atoms with E-state index in [9.17, 15) is 0 Å². The Morgan fingerprint density at radius 3 is 2.37 bits per heavy atom. The highest BCUT2D eigenvalue weighted by Crippen LogP contribution is 2.30. The quantitative estimate of drug-likeness (QED) is 0.903. The van der Waals surface area contributed by atoms with Gasteiger partial charge in [-0.15, -0.1) is 0 Å². The summed E-state index contributed by atoms with van der Waals surface area (Å²) in [7, 11) is 1.97. The Labute approximate surface area is 116 Å². The molecule has 1 heterocycles. The number of nitrogens with zero attached hydrogens (tertiary/aromatic N) is 2. The van der Waals surface area contributed by atoms with Gasteiger partial charge in [0.2, 0.25) is 5.89 Å². The van der Waals surface area contributed by atoms with Crippen LogP contribution in [-0.4, -0.2) is 23.2 Å². The molecule has 1 fully saturated rings. The number of hydrogen-bond donors (Lipinski definition) is 1. The maximum atomic E-state index is 5.47. The predicted molar refractivity (Wildman–Crippen MR) is 76.3 cm³/mol. The molecule has 0 aromatic carbocycles. The van der Waals surface area contributed by atoms with E-state index in [0.29, 0.717) is 12.0 Å². The Balaban J connectivity index is 2.02. The highest BCUT2D eigenvalue weighted by molar-refractivity contribution is 5.00. The molecule has 2 unspecified atom stereocenters. The third-order valence-electron chi connectivity index (χ3n) is 4.52. The van der Waals surface area contributed by atoms with Gasteiger partial charge < -0.3 is 9.84 Å². The van der Waals surface area contributed by atoms with Crippen molar-refractivity contribution in [2.24, 2.45) is 0 Å². The smallest absolute Gasteiger partial charge is 0.231 e. The molecule has 0 bridgehead atoms. The van der Waals surface area contributed by atoms with Crippen LogP contribution in [0.25, 0.3) is 0 Å². The molecular weight excluding hydrogens is 238 g/mol. The van der Waals surface area contributed by atoms with Crippen molar-refractivity contribution >= 4 is 0 Å². The van der Waals surface area contributed by atoms with Gasteiger partial charge in [-0.3, -0.25) is 0 Å². The molecule has 1 aromatic heterocycles. The second-order valence-corrected chi connectivity index (χ2v) is 5.90. The van der Waals surface area contributed by atoms with Crippen LogP contribution in [0.15, 0.2) is 4.52 Å². The molecule has 1 aliphatic carbocycles. The monoisotopic (exact) mass is 265 g/mol. The van der Waals surface area contributed by atoms with Gasteiger partial charge in [-0.2, -0.15) is 4.98 Å². The van der Waals surface area contributed by atoms with Gasteiger partial charge in [0, 0.05) is 12.0 Å². The zero-order chi connectivity index (χ0) is 13.7. The summed E-state index contributed by atoms with van der Waals surface area (Å²) < 4.78 is 5.47. The van der Waals surface area contributed by atoms with Crippen molar-refractivity contribution in [3.63, 3.8) is 0 Å². The van der Waals surface area contributed by atoms with E-state index in [0.717, 1.165) is 11.7 Å². The van der Waals surface area contributed by atoms with Gasteiger partial charge >= 0.3 is 0 Å². The lowest BCUT2D eigenvalue weighted by molar-refractivity contribution is 0.328. The molecule has 108 valence electrons. The lowest BCUT2D eigenvalue weighted by Gasteiger charge is -2.16. The van der Waals surface area contributed by atoms with Crippen LogP contribution in [0.2, 0.25) is 0 Å². The third kappa shape index (κ3) is 3.78. The molecule has 0 aliphatic heterocycles. The van der Waals surface area contributed by atoms with E-state index < -0.39 is 0 Å². The first-order valence-electron chi connectivity index (χ1n) is 7.73. The number of nitrogens with one attached hydrogen (secondary N) is 1. The van der Waals surface area contributed by atoms with E-state index in [1.807, 2.05) is 7.05 Å². The molecule has 0 saturated heterocycles. The molecule has 1 aromatic rings. The van der Waals surface area contributed by atoms with E-state index in [-0.39, 0.29) is 5.92 Å². The van der Waals surface area contributed by atoms with Gasteiger partial charge in [0.15, 0.2) is 5.82 Å². The van der Waals surface area contributed by atoms with Gasteiger partial charge in [0.05, 0.1) is 5.92 Å². The van der Waals surface area contributed by atoms with Crippen LogP contribution in [0.5, 0.6) is 0 Å². The molecule has 19 heavy (non-hydrogen) atoms. The molecule has 1 aliphatic rings. The van der Waals surface area contributed by atoms with Gasteiger partial charge in [-0.1, -0.05) is 44.2 Å². The fourth-order valence-corrected chi connectivity index (χ4v) is 2.78. The summed E-state index contributed by atoms with van der Waals surface area (Å²) in [5, 5.41) is 7.48. The van der Waals surface area contributed by atoms with Gasteiger partial charge in [-0.05, 0) is 26.8 Å². The summed E-state index contributed by atoms with van der Waals surface area (Å²) in [6.45, 7) is 4.28.